The molecule has 0 fully saturated rings. The molecule has 44 heavy (non-hydrogen) atoms. The molecule has 0 N–H and O–H groups in total. The predicted molar refractivity (Wildman–Crippen MR) is 211 cm³/mol. The highest BCUT2D eigenvalue weighted by atomic mass is 35.5. The summed E-state index contributed by atoms with van der Waals surface area (Å²) >= 11 is 6.40. The Labute approximate surface area is 287 Å². The average molecular weight is 818 g/mol. The van der Waals surface area contributed by atoms with Gasteiger partial charge in [-0.15, -0.1) is 11.6 Å². The molecule has 20 heteroatoms. The zero-order valence-corrected chi connectivity index (χ0v) is 42.9. The lowest BCUT2D eigenvalue weighted by Crippen LogP contribution is -2.71. The van der Waals surface area contributed by atoms with Gasteiger partial charge in [0.15, 0.2) is 49.9 Å². The maximum Gasteiger partial charge on any atom is 0.478 e. The van der Waals surface area contributed by atoms with Crippen molar-refractivity contribution in [2.45, 2.75) is 150 Å². The standard InChI is InChI=1S/C24H69ClO9Si10/c1-35(2,3)26-41(19,27-36(4,5)6)32-44(24-22-23-25,33-42(20,28-37(7,8)9)29-38(10,11)12)34-43(21,30-39(13,14)15)31-40(16,17)18/h22-24H2,1-21H3. The lowest BCUT2D eigenvalue weighted by atomic mass is 10.6. The number of rotatable bonds is 21. The molecular formula is C24H69ClO9Si10. The van der Waals surface area contributed by atoms with Gasteiger partial charge in [-0.25, -0.2) is 0 Å². The lowest BCUT2D eigenvalue weighted by molar-refractivity contribution is 0.120. The molecule has 9 nitrogen and oxygen atoms in total. The van der Waals surface area contributed by atoms with E-state index in [0.717, 1.165) is 0 Å². The second-order valence-electron chi connectivity index (χ2n) is 17.7. The maximum atomic E-state index is 7.34. The van der Waals surface area contributed by atoms with Crippen LogP contribution in [0.3, 0.4) is 0 Å². The topological polar surface area (TPSA) is 83.1 Å². The number of alkyl halides is 1. The van der Waals surface area contributed by atoms with Gasteiger partial charge in [0.05, 0.1) is 0 Å². The van der Waals surface area contributed by atoms with Crippen molar-refractivity contribution in [1.29, 1.82) is 0 Å². The van der Waals surface area contributed by atoms with Crippen LogP contribution in [-0.4, -0.2) is 91.0 Å². The summed E-state index contributed by atoms with van der Waals surface area (Å²) < 4.78 is 63.3. The summed E-state index contributed by atoms with van der Waals surface area (Å²) in [5, 5.41) is 0. The fraction of sp³-hybridized carbons (Fsp3) is 1.00. The summed E-state index contributed by atoms with van der Waals surface area (Å²) in [4.78, 5) is 0. The van der Waals surface area contributed by atoms with Gasteiger partial charge in [0.25, 0.3) is 0 Å². The van der Waals surface area contributed by atoms with E-state index in [1.165, 1.54) is 0 Å². The zero-order chi connectivity index (χ0) is 35.5. The van der Waals surface area contributed by atoms with Crippen molar-refractivity contribution in [3.63, 3.8) is 0 Å². The molecule has 0 amide bonds. The summed E-state index contributed by atoms with van der Waals surface area (Å²) in [7, 11) is -26.9. The summed E-state index contributed by atoms with van der Waals surface area (Å²) in [6, 6.07) is 0.433. The summed E-state index contributed by atoms with van der Waals surface area (Å²) in [6.07, 6.45) is 0.604. The van der Waals surface area contributed by atoms with Gasteiger partial charge in [-0.3, -0.25) is 0 Å². The third-order valence-electron chi connectivity index (χ3n) is 4.59. The Bertz CT molecular complexity index is 736. The maximum absolute atomic E-state index is 7.34. The fourth-order valence-corrected chi connectivity index (χ4v) is 47.0. The average Bonchev–Trinajstić information content (AvgIpc) is 2.54. The first kappa shape index (κ1) is 46.1. The second-order valence-corrected chi connectivity index (χ2v) is 57.8. The summed E-state index contributed by atoms with van der Waals surface area (Å²) in [5.41, 5.74) is 0. The minimum atomic E-state index is -3.84. The smallest absolute Gasteiger partial charge is 0.417 e. The van der Waals surface area contributed by atoms with E-state index in [9.17, 15) is 0 Å². The van der Waals surface area contributed by atoms with Crippen LogP contribution >= 0.6 is 11.6 Å². The highest BCUT2D eigenvalue weighted by Gasteiger charge is 2.63. The normalized spacial score (nSPS) is 15.7. The molecule has 0 aromatic heterocycles. The van der Waals surface area contributed by atoms with E-state index in [2.05, 4.69) is 118 Å². The van der Waals surface area contributed by atoms with E-state index in [1.54, 1.807) is 0 Å². The van der Waals surface area contributed by atoms with Crippen molar-refractivity contribution in [2.24, 2.45) is 0 Å². The Kier molecular flexibility index (Phi) is 16.7. The molecule has 0 spiro atoms. The molecule has 266 valence electrons. The van der Waals surface area contributed by atoms with Gasteiger partial charge < -0.3 is 37.0 Å². The molecule has 0 saturated carbocycles. The van der Waals surface area contributed by atoms with Crippen LogP contribution in [-0.2, 0) is 37.0 Å². The van der Waals surface area contributed by atoms with E-state index in [1.807, 2.05) is 19.6 Å². The molecular weight excluding hydrogens is 749 g/mol. The van der Waals surface area contributed by atoms with E-state index in [-0.39, 0.29) is 0 Å². The van der Waals surface area contributed by atoms with Crippen LogP contribution in [0.1, 0.15) is 6.42 Å². The van der Waals surface area contributed by atoms with Crippen LogP contribution in [0.5, 0.6) is 0 Å². The van der Waals surface area contributed by atoms with Crippen molar-refractivity contribution < 1.29 is 37.0 Å². The van der Waals surface area contributed by atoms with Crippen LogP contribution in [0.25, 0.3) is 0 Å². The van der Waals surface area contributed by atoms with Crippen molar-refractivity contribution >= 4 is 96.7 Å². The van der Waals surface area contributed by atoms with E-state index < -0.39 is 85.1 Å². The lowest BCUT2D eigenvalue weighted by Gasteiger charge is -2.49. The van der Waals surface area contributed by atoms with Crippen LogP contribution < -0.4 is 0 Å². The number of hydrogen-bond acceptors (Lipinski definition) is 9. The molecule has 0 rings (SSSR count). The second kappa shape index (κ2) is 16.0. The molecule has 0 aromatic rings. The van der Waals surface area contributed by atoms with E-state index >= 15 is 0 Å². The summed E-state index contributed by atoms with van der Waals surface area (Å²) in [6.45, 7) is 44.8. The van der Waals surface area contributed by atoms with E-state index in [0.29, 0.717) is 18.3 Å². The largest absolute Gasteiger partial charge is 0.478 e. The molecule has 0 aliphatic heterocycles. The molecule has 0 aliphatic rings. The van der Waals surface area contributed by atoms with Crippen LogP contribution in [0.2, 0.25) is 144 Å². The number of hydrogen-bond donors (Lipinski definition) is 0. The third kappa shape index (κ3) is 21.9. The first-order chi connectivity index (χ1) is 18.9. The molecule has 0 unspecified atom stereocenters. The quantitative estimate of drug-likeness (QED) is 0.0832. The van der Waals surface area contributed by atoms with Crippen molar-refractivity contribution in [3.8, 4) is 0 Å². The van der Waals surface area contributed by atoms with Gasteiger partial charge in [-0.1, -0.05) is 0 Å². The van der Waals surface area contributed by atoms with Crippen LogP contribution in [0.4, 0.5) is 0 Å². The van der Waals surface area contributed by atoms with Gasteiger partial charge in [-0.2, -0.15) is 0 Å². The van der Waals surface area contributed by atoms with Gasteiger partial charge in [0, 0.05) is 31.6 Å². The van der Waals surface area contributed by atoms with Gasteiger partial charge in [0.1, 0.15) is 0 Å². The molecule has 0 radical (unpaired) electrons. The minimum Gasteiger partial charge on any atom is -0.417 e. The molecule has 0 bridgehead atoms. The molecule has 0 atom stereocenters. The van der Waals surface area contributed by atoms with Gasteiger partial charge in [-0.05, 0) is 124 Å². The first-order valence-electron chi connectivity index (χ1n) is 15.8. The van der Waals surface area contributed by atoms with Crippen LogP contribution in [0, 0.1) is 0 Å². The molecule has 0 heterocycles. The summed E-state index contributed by atoms with van der Waals surface area (Å²) in [5.74, 6) is 0.414. The fourth-order valence-electron chi connectivity index (χ4n) is 4.87. The van der Waals surface area contributed by atoms with Crippen molar-refractivity contribution in [2.75, 3.05) is 5.88 Å². The Morgan fingerprint density at radius 2 is 0.500 bits per heavy atom. The first-order valence-corrected chi connectivity index (χ1v) is 45.4. The Hall–Kier alpha value is 2.10. The SMILES string of the molecule is C[Si](C)(C)O[Si](C)(O[Si](C)(C)C)O[Si](CCCCl)(O[Si](C)(O[Si](C)(C)C)O[Si](C)(C)C)O[Si](C)(O[Si](C)(C)C)O[Si](C)(C)C. The minimum absolute atomic E-state index is 0.414. The highest BCUT2D eigenvalue weighted by Crippen LogP contribution is 2.37. The van der Waals surface area contributed by atoms with Crippen molar-refractivity contribution in [3.05, 3.63) is 0 Å². The van der Waals surface area contributed by atoms with Gasteiger partial charge >= 0.3 is 35.2 Å². The Morgan fingerprint density at radius 1 is 0.318 bits per heavy atom. The van der Waals surface area contributed by atoms with Crippen LogP contribution in [0.15, 0.2) is 0 Å². The molecule has 0 saturated heterocycles. The predicted octanol–water partition coefficient (Wildman–Crippen LogP) is 9.42. The molecule has 0 aromatic carbocycles. The zero-order valence-electron chi connectivity index (χ0n) is 32.2. The Morgan fingerprint density at radius 3 is 0.636 bits per heavy atom. The number of halogens is 1. The highest BCUT2D eigenvalue weighted by molar-refractivity contribution is 6.95. The van der Waals surface area contributed by atoms with Gasteiger partial charge in [0.2, 0.25) is 0 Å². The van der Waals surface area contributed by atoms with Crippen molar-refractivity contribution in [1.82, 2.24) is 0 Å². The van der Waals surface area contributed by atoms with E-state index in [4.69, 9.17) is 48.6 Å². The molecule has 0 aliphatic carbocycles. The Balaban J connectivity index is 7.73. The monoisotopic (exact) mass is 816 g/mol. The third-order valence-corrected chi connectivity index (χ3v) is 37.6.